The lowest BCUT2D eigenvalue weighted by atomic mass is 10.0. The summed E-state index contributed by atoms with van der Waals surface area (Å²) in [5, 5.41) is 2.77. The zero-order chi connectivity index (χ0) is 20.7. The van der Waals surface area contributed by atoms with Gasteiger partial charge in [-0.2, -0.15) is 0 Å². The van der Waals surface area contributed by atoms with Gasteiger partial charge in [-0.25, -0.2) is 9.59 Å². The molecule has 0 saturated carbocycles. The van der Waals surface area contributed by atoms with Gasteiger partial charge in [0, 0.05) is 30.9 Å². The van der Waals surface area contributed by atoms with Crippen molar-refractivity contribution in [3.63, 3.8) is 0 Å². The van der Waals surface area contributed by atoms with Gasteiger partial charge < -0.3 is 19.5 Å². The Morgan fingerprint density at radius 2 is 1.81 bits per heavy atom. The summed E-state index contributed by atoms with van der Waals surface area (Å²) >= 11 is 0. The number of rotatable bonds is 9. The van der Waals surface area contributed by atoms with E-state index < -0.39 is 5.97 Å². The van der Waals surface area contributed by atoms with Gasteiger partial charge in [0.1, 0.15) is 5.69 Å². The molecular weight excluding hydrogens is 346 g/mol. The maximum absolute atomic E-state index is 13.1. The number of esters is 1. The number of carbonyl (C=O) groups excluding carboxylic acids is 3. The number of amides is 2. The molecular formula is C20H33N3O4. The van der Waals surface area contributed by atoms with Crippen LogP contribution in [-0.2, 0) is 11.3 Å². The van der Waals surface area contributed by atoms with E-state index in [0.717, 1.165) is 12.1 Å². The topological polar surface area (TPSA) is 80.6 Å². The number of methoxy groups -OCH3 is 1. The molecule has 0 spiro atoms. The average molecular weight is 380 g/mol. The van der Waals surface area contributed by atoms with E-state index in [9.17, 15) is 14.4 Å². The monoisotopic (exact) mass is 379 g/mol. The number of hydrogen-bond acceptors (Lipinski definition) is 4. The third kappa shape index (κ3) is 5.34. The molecule has 0 aliphatic rings. The molecule has 0 aromatic carbocycles. The Hall–Kier alpha value is -2.31. The second kappa shape index (κ2) is 10.1. The average Bonchev–Trinajstić information content (AvgIpc) is 2.87. The second-order valence-corrected chi connectivity index (χ2v) is 7.03. The number of hydrogen-bond donors (Lipinski definition) is 1. The fourth-order valence-corrected chi connectivity index (χ4v) is 3.24. The number of carbonyl (C=O) groups is 3. The summed E-state index contributed by atoms with van der Waals surface area (Å²) in [6, 6.07) is -0.245. The molecule has 1 rings (SSSR count). The standard InChI is InChI=1S/C20H33N3O4/c1-8-21-20(26)22(11-10-13(3)4)12-16(24)17-14(5)18(19(25)27-7)23(9-2)15(17)6/h13H,8-12H2,1-7H3,(H,21,26). The molecule has 0 aliphatic carbocycles. The number of nitrogens with one attached hydrogen (secondary N) is 1. The molecule has 1 aromatic heterocycles. The van der Waals surface area contributed by atoms with Crippen molar-refractivity contribution < 1.29 is 19.1 Å². The van der Waals surface area contributed by atoms with Crippen molar-refractivity contribution in [2.24, 2.45) is 5.92 Å². The van der Waals surface area contributed by atoms with Gasteiger partial charge >= 0.3 is 12.0 Å². The molecule has 1 heterocycles. The van der Waals surface area contributed by atoms with Gasteiger partial charge in [0.05, 0.1) is 13.7 Å². The Labute approximate surface area is 162 Å². The first-order valence-corrected chi connectivity index (χ1v) is 9.53. The highest BCUT2D eigenvalue weighted by molar-refractivity contribution is 6.04. The highest BCUT2D eigenvalue weighted by Gasteiger charge is 2.28. The van der Waals surface area contributed by atoms with E-state index in [1.165, 1.54) is 7.11 Å². The van der Waals surface area contributed by atoms with Gasteiger partial charge in [-0.1, -0.05) is 13.8 Å². The minimum Gasteiger partial charge on any atom is -0.464 e. The molecule has 152 valence electrons. The van der Waals surface area contributed by atoms with Gasteiger partial charge in [-0.3, -0.25) is 4.79 Å². The van der Waals surface area contributed by atoms with Gasteiger partial charge in [0.15, 0.2) is 5.78 Å². The van der Waals surface area contributed by atoms with Gasteiger partial charge in [0.25, 0.3) is 0 Å². The molecule has 0 bridgehead atoms. The van der Waals surface area contributed by atoms with Crippen LogP contribution in [0.5, 0.6) is 0 Å². The third-order valence-electron chi connectivity index (χ3n) is 4.67. The summed E-state index contributed by atoms with van der Waals surface area (Å²) in [5.41, 5.74) is 2.22. The molecule has 0 aliphatic heterocycles. The van der Waals surface area contributed by atoms with E-state index in [0.29, 0.717) is 42.4 Å². The minimum atomic E-state index is -0.461. The van der Waals surface area contributed by atoms with Gasteiger partial charge in [0.2, 0.25) is 0 Å². The van der Waals surface area contributed by atoms with Gasteiger partial charge in [-0.15, -0.1) is 0 Å². The van der Waals surface area contributed by atoms with Crippen LogP contribution in [0, 0.1) is 19.8 Å². The molecule has 7 nitrogen and oxygen atoms in total. The minimum absolute atomic E-state index is 0.0193. The Morgan fingerprint density at radius 1 is 1.19 bits per heavy atom. The smallest absolute Gasteiger partial charge is 0.354 e. The van der Waals surface area contributed by atoms with Crippen LogP contribution >= 0.6 is 0 Å². The lowest BCUT2D eigenvalue weighted by Crippen LogP contribution is -2.43. The normalized spacial score (nSPS) is 10.8. The number of ketones is 1. The molecule has 0 unspecified atom stereocenters. The summed E-state index contributed by atoms with van der Waals surface area (Å²) in [4.78, 5) is 39.1. The molecule has 1 N–H and O–H groups in total. The Morgan fingerprint density at radius 3 is 2.30 bits per heavy atom. The lowest BCUT2D eigenvalue weighted by molar-refractivity contribution is 0.0587. The summed E-state index contributed by atoms with van der Waals surface area (Å²) in [6.45, 7) is 13.0. The Bertz CT molecular complexity index is 692. The molecule has 0 saturated heterocycles. The van der Waals surface area contributed by atoms with Crippen molar-refractivity contribution in [3.05, 3.63) is 22.5 Å². The van der Waals surface area contributed by atoms with Crippen molar-refractivity contribution in [3.8, 4) is 0 Å². The molecule has 0 radical (unpaired) electrons. The number of aromatic nitrogens is 1. The molecule has 0 atom stereocenters. The van der Waals surface area contributed by atoms with Crippen LogP contribution in [0.25, 0.3) is 0 Å². The van der Waals surface area contributed by atoms with Crippen LogP contribution in [-0.4, -0.2) is 54.0 Å². The Balaban J connectivity index is 3.20. The van der Waals surface area contributed by atoms with E-state index in [4.69, 9.17) is 4.74 Å². The zero-order valence-corrected chi connectivity index (χ0v) is 17.6. The van der Waals surface area contributed by atoms with Crippen molar-refractivity contribution in [2.45, 2.75) is 54.5 Å². The van der Waals surface area contributed by atoms with E-state index >= 15 is 0 Å². The predicted octanol–water partition coefficient (Wildman–Crippen LogP) is 3.17. The highest BCUT2D eigenvalue weighted by Crippen LogP contribution is 2.24. The van der Waals surface area contributed by atoms with Crippen LogP contribution in [0.2, 0.25) is 0 Å². The summed E-state index contributed by atoms with van der Waals surface area (Å²) < 4.78 is 6.67. The van der Waals surface area contributed by atoms with Crippen molar-refractivity contribution in [2.75, 3.05) is 26.7 Å². The third-order valence-corrected chi connectivity index (χ3v) is 4.67. The van der Waals surface area contributed by atoms with Crippen molar-refractivity contribution >= 4 is 17.8 Å². The highest BCUT2D eigenvalue weighted by atomic mass is 16.5. The maximum Gasteiger partial charge on any atom is 0.354 e. The van der Waals surface area contributed by atoms with E-state index in [2.05, 4.69) is 19.2 Å². The summed E-state index contributed by atoms with van der Waals surface area (Å²) in [7, 11) is 1.33. The predicted molar refractivity (Wildman–Crippen MR) is 105 cm³/mol. The van der Waals surface area contributed by atoms with E-state index in [1.807, 2.05) is 20.8 Å². The first kappa shape index (κ1) is 22.7. The molecule has 2 amide bonds. The maximum atomic E-state index is 13.1. The molecule has 0 fully saturated rings. The van der Waals surface area contributed by atoms with Crippen LogP contribution < -0.4 is 5.32 Å². The number of Topliss-reactive ketones (excluding diaryl/α,β-unsaturated/α-hetero) is 1. The van der Waals surface area contributed by atoms with Crippen LogP contribution in [0.3, 0.4) is 0 Å². The number of nitrogens with zero attached hydrogens (tertiary/aromatic N) is 2. The van der Waals surface area contributed by atoms with E-state index in [1.54, 1.807) is 16.4 Å². The first-order chi connectivity index (χ1) is 12.7. The van der Waals surface area contributed by atoms with Crippen molar-refractivity contribution in [1.29, 1.82) is 0 Å². The molecule has 7 heteroatoms. The number of urea groups is 1. The van der Waals surface area contributed by atoms with Crippen LogP contribution in [0.1, 0.15) is 66.2 Å². The van der Waals surface area contributed by atoms with E-state index in [-0.39, 0.29) is 18.4 Å². The SMILES string of the molecule is CCNC(=O)N(CCC(C)C)CC(=O)c1c(C)c(C(=O)OC)n(CC)c1C. The fourth-order valence-electron chi connectivity index (χ4n) is 3.24. The number of ether oxygens (including phenoxy) is 1. The molecule has 27 heavy (non-hydrogen) atoms. The Kier molecular flexibility index (Phi) is 8.53. The van der Waals surface area contributed by atoms with Crippen LogP contribution in [0.15, 0.2) is 0 Å². The largest absolute Gasteiger partial charge is 0.464 e. The molecule has 1 aromatic rings. The lowest BCUT2D eigenvalue weighted by Gasteiger charge is -2.23. The summed E-state index contributed by atoms with van der Waals surface area (Å²) in [5.74, 6) is -0.207. The quantitative estimate of drug-likeness (QED) is 0.528. The van der Waals surface area contributed by atoms with Crippen LogP contribution in [0.4, 0.5) is 4.79 Å². The fraction of sp³-hybridized carbons (Fsp3) is 0.650. The van der Waals surface area contributed by atoms with Gasteiger partial charge in [-0.05, 0) is 45.6 Å². The first-order valence-electron chi connectivity index (χ1n) is 9.53. The van der Waals surface area contributed by atoms with Crippen molar-refractivity contribution in [1.82, 2.24) is 14.8 Å². The zero-order valence-electron chi connectivity index (χ0n) is 17.6. The summed E-state index contributed by atoms with van der Waals surface area (Å²) in [6.07, 6.45) is 0.811. The second-order valence-electron chi connectivity index (χ2n) is 7.03.